The second-order valence-corrected chi connectivity index (χ2v) is 4.02. The van der Waals surface area contributed by atoms with Crippen molar-refractivity contribution in [1.82, 2.24) is 4.98 Å². The normalized spacial score (nSPS) is 10.1. The van der Waals surface area contributed by atoms with E-state index in [1.807, 2.05) is 13.0 Å². The third kappa shape index (κ3) is 2.57. The number of aromatic nitrogens is 1. The van der Waals surface area contributed by atoms with Crippen molar-refractivity contribution in [2.24, 2.45) is 0 Å². The average molecular weight is 242 g/mol. The van der Waals surface area contributed by atoms with Gasteiger partial charge in [-0.3, -0.25) is 4.79 Å². The molecular formula is C13H14N4O. The topological polar surface area (TPSA) is 94.0 Å². The molecule has 0 atom stereocenters. The van der Waals surface area contributed by atoms with Crippen molar-refractivity contribution in [3.8, 4) is 0 Å². The van der Waals surface area contributed by atoms with Gasteiger partial charge in [-0.05, 0) is 36.8 Å². The van der Waals surface area contributed by atoms with Crippen molar-refractivity contribution in [3.05, 3.63) is 47.7 Å². The Labute approximate surface area is 105 Å². The lowest BCUT2D eigenvalue weighted by molar-refractivity contribution is 0.102. The van der Waals surface area contributed by atoms with Gasteiger partial charge in [0.25, 0.3) is 5.91 Å². The first-order valence-corrected chi connectivity index (χ1v) is 5.45. The molecule has 92 valence electrons. The van der Waals surface area contributed by atoms with Gasteiger partial charge in [0.15, 0.2) is 0 Å². The van der Waals surface area contributed by atoms with Crippen LogP contribution in [0.2, 0.25) is 0 Å². The number of carbonyl (C=O) groups is 1. The molecule has 1 heterocycles. The van der Waals surface area contributed by atoms with E-state index in [9.17, 15) is 4.79 Å². The van der Waals surface area contributed by atoms with Crippen molar-refractivity contribution in [1.29, 1.82) is 0 Å². The molecule has 0 fully saturated rings. The zero-order valence-electron chi connectivity index (χ0n) is 9.97. The summed E-state index contributed by atoms with van der Waals surface area (Å²) in [4.78, 5) is 16.1. The lowest BCUT2D eigenvalue weighted by Gasteiger charge is -2.07. The molecule has 5 N–H and O–H groups in total. The molecule has 18 heavy (non-hydrogen) atoms. The van der Waals surface area contributed by atoms with E-state index in [0.717, 1.165) is 5.56 Å². The number of anilines is 3. The van der Waals surface area contributed by atoms with E-state index in [1.54, 1.807) is 30.5 Å². The summed E-state index contributed by atoms with van der Waals surface area (Å²) >= 11 is 0. The third-order valence-electron chi connectivity index (χ3n) is 2.47. The number of hydrogen-bond acceptors (Lipinski definition) is 4. The van der Waals surface area contributed by atoms with Crippen LogP contribution in [0.1, 0.15) is 15.9 Å². The van der Waals surface area contributed by atoms with Crippen LogP contribution in [0.4, 0.5) is 17.2 Å². The van der Waals surface area contributed by atoms with Gasteiger partial charge in [-0.1, -0.05) is 6.07 Å². The van der Waals surface area contributed by atoms with Gasteiger partial charge in [-0.15, -0.1) is 0 Å². The molecule has 0 radical (unpaired) electrons. The molecular weight excluding hydrogens is 228 g/mol. The first-order valence-electron chi connectivity index (χ1n) is 5.45. The summed E-state index contributed by atoms with van der Waals surface area (Å²) in [5.74, 6) is 0.186. The van der Waals surface area contributed by atoms with Gasteiger partial charge in [0.1, 0.15) is 5.82 Å². The molecule has 1 amide bonds. The highest BCUT2D eigenvalue weighted by molar-refractivity contribution is 6.07. The number of nitrogen functional groups attached to an aromatic ring is 2. The van der Waals surface area contributed by atoms with Crippen LogP contribution in [0, 0.1) is 6.92 Å². The predicted octanol–water partition coefficient (Wildman–Crippen LogP) is 1.81. The fourth-order valence-corrected chi connectivity index (χ4v) is 1.51. The Morgan fingerprint density at radius 2 is 2.00 bits per heavy atom. The van der Waals surface area contributed by atoms with Crippen LogP contribution in [-0.4, -0.2) is 10.9 Å². The third-order valence-corrected chi connectivity index (χ3v) is 2.47. The number of aryl methyl sites for hydroxylation is 1. The Hall–Kier alpha value is -2.56. The van der Waals surface area contributed by atoms with Crippen molar-refractivity contribution in [2.45, 2.75) is 6.92 Å². The maximum atomic E-state index is 12.0. The molecule has 2 rings (SSSR count). The van der Waals surface area contributed by atoms with E-state index in [4.69, 9.17) is 11.5 Å². The summed E-state index contributed by atoms with van der Waals surface area (Å²) < 4.78 is 0. The highest BCUT2D eigenvalue weighted by atomic mass is 16.1. The molecule has 0 bridgehead atoms. The second-order valence-electron chi connectivity index (χ2n) is 4.02. The number of nitrogens with two attached hydrogens (primary N) is 2. The Balaban J connectivity index is 2.19. The Morgan fingerprint density at radius 3 is 2.61 bits per heavy atom. The summed E-state index contributed by atoms with van der Waals surface area (Å²) in [6.07, 6.45) is 1.68. The lowest BCUT2D eigenvalue weighted by Crippen LogP contribution is -2.15. The van der Waals surface area contributed by atoms with Crippen LogP contribution < -0.4 is 16.8 Å². The number of amides is 1. The van der Waals surface area contributed by atoms with E-state index < -0.39 is 0 Å². The van der Waals surface area contributed by atoms with Crippen LogP contribution in [-0.2, 0) is 0 Å². The first kappa shape index (κ1) is 11.9. The Morgan fingerprint density at radius 1 is 1.22 bits per heavy atom. The van der Waals surface area contributed by atoms with E-state index in [2.05, 4.69) is 10.3 Å². The van der Waals surface area contributed by atoms with Crippen molar-refractivity contribution >= 4 is 23.1 Å². The molecule has 5 heteroatoms. The number of nitrogens with one attached hydrogen (secondary N) is 1. The minimum atomic E-state index is -0.302. The van der Waals surface area contributed by atoms with Gasteiger partial charge >= 0.3 is 0 Å². The summed E-state index contributed by atoms with van der Waals surface area (Å²) in [5, 5.41) is 2.67. The Kier molecular flexibility index (Phi) is 3.14. The van der Waals surface area contributed by atoms with Crippen LogP contribution in [0.15, 0.2) is 36.5 Å². The van der Waals surface area contributed by atoms with Crippen molar-refractivity contribution in [2.75, 3.05) is 16.8 Å². The van der Waals surface area contributed by atoms with E-state index in [-0.39, 0.29) is 5.91 Å². The zero-order chi connectivity index (χ0) is 13.1. The summed E-state index contributed by atoms with van der Waals surface area (Å²) in [6.45, 7) is 1.93. The summed E-state index contributed by atoms with van der Waals surface area (Å²) in [7, 11) is 0. The molecule has 2 aromatic rings. The molecule has 0 aliphatic heterocycles. The largest absolute Gasteiger partial charge is 0.399 e. The smallest absolute Gasteiger partial charge is 0.258 e. The monoisotopic (exact) mass is 242 g/mol. The molecule has 0 saturated heterocycles. The van der Waals surface area contributed by atoms with Crippen LogP contribution >= 0.6 is 0 Å². The van der Waals surface area contributed by atoms with E-state index in [0.29, 0.717) is 22.8 Å². The molecule has 0 aliphatic rings. The maximum Gasteiger partial charge on any atom is 0.258 e. The average Bonchev–Trinajstić information content (AvgIpc) is 2.32. The fourth-order valence-electron chi connectivity index (χ4n) is 1.51. The zero-order valence-corrected chi connectivity index (χ0v) is 9.97. The van der Waals surface area contributed by atoms with Crippen LogP contribution in [0.3, 0.4) is 0 Å². The van der Waals surface area contributed by atoms with Gasteiger partial charge in [0.2, 0.25) is 0 Å². The minimum Gasteiger partial charge on any atom is -0.399 e. The van der Waals surface area contributed by atoms with Crippen LogP contribution in [0.25, 0.3) is 0 Å². The highest BCUT2D eigenvalue weighted by Crippen LogP contribution is 2.17. The lowest BCUT2D eigenvalue weighted by atomic mass is 10.1. The summed E-state index contributed by atoms with van der Waals surface area (Å²) in [5.41, 5.74) is 13.6. The summed E-state index contributed by atoms with van der Waals surface area (Å²) in [6, 6.07) is 8.38. The second kappa shape index (κ2) is 4.75. The Bertz CT molecular complexity index is 578. The van der Waals surface area contributed by atoms with Crippen LogP contribution in [0.5, 0.6) is 0 Å². The molecule has 5 nitrogen and oxygen atoms in total. The number of benzene rings is 1. The van der Waals surface area contributed by atoms with Gasteiger partial charge in [-0.2, -0.15) is 0 Å². The number of pyridine rings is 1. The number of hydrogen-bond donors (Lipinski definition) is 3. The molecule has 0 spiro atoms. The minimum absolute atomic E-state index is 0.302. The first-order chi connectivity index (χ1) is 8.56. The van der Waals surface area contributed by atoms with Gasteiger partial charge in [0, 0.05) is 17.6 Å². The van der Waals surface area contributed by atoms with Crippen molar-refractivity contribution in [3.63, 3.8) is 0 Å². The molecule has 1 aromatic heterocycles. The van der Waals surface area contributed by atoms with E-state index in [1.165, 1.54) is 0 Å². The maximum absolute atomic E-state index is 12.0. The van der Waals surface area contributed by atoms with E-state index >= 15 is 0 Å². The highest BCUT2D eigenvalue weighted by Gasteiger charge is 2.10. The SMILES string of the molecule is Cc1ccc(NC(=O)c2ccc(N)cc2N)nc1. The molecule has 0 unspecified atom stereocenters. The van der Waals surface area contributed by atoms with Crippen molar-refractivity contribution < 1.29 is 4.79 Å². The van der Waals surface area contributed by atoms with Gasteiger partial charge < -0.3 is 16.8 Å². The quantitative estimate of drug-likeness (QED) is 0.700. The standard InChI is InChI=1S/C13H14N4O/c1-8-2-5-12(16-7-8)17-13(18)10-4-3-9(14)6-11(10)15/h2-7H,14-15H2,1H3,(H,16,17,18). The predicted molar refractivity (Wildman–Crippen MR) is 72.2 cm³/mol. The number of rotatable bonds is 2. The van der Waals surface area contributed by atoms with Gasteiger partial charge in [0.05, 0.1) is 5.56 Å². The molecule has 1 aromatic carbocycles. The fraction of sp³-hybridized carbons (Fsp3) is 0.0769. The van der Waals surface area contributed by atoms with Gasteiger partial charge in [-0.25, -0.2) is 4.98 Å². The molecule has 0 saturated carbocycles. The number of carbonyl (C=O) groups excluding carboxylic acids is 1. The molecule has 0 aliphatic carbocycles. The number of nitrogens with zero attached hydrogens (tertiary/aromatic N) is 1.